The third-order valence-corrected chi connectivity index (χ3v) is 3.13. The lowest BCUT2D eigenvalue weighted by molar-refractivity contribution is -0.148. The number of hydrogen-bond donors (Lipinski definition) is 1. The molecule has 1 heterocycles. The zero-order chi connectivity index (χ0) is 13.2. The average Bonchev–Trinajstić information content (AvgIpc) is 2.20. The molecule has 2 atom stereocenters. The van der Waals surface area contributed by atoms with Gasteiger partial charge in [0.05, 0.1) is 0 Å². The van der Waals surface area contributed by atoms with Gasteiger partial charge in [0.1, 0.15) is 12.1 Å². The van der Waals surface area contributed by atoms with Crippen molar-refractivity contribution in [2.24, 2.45) is 11.8 Å². The molecule has 0 aliphatic carbocycles. The summed E-state index contributed by atoms with van der Waals surface area (Å²) in [6, 6.07) is -0.637. The highest BCUT2D eigenvalue weighted by Crippen LogP contribution is 2.18. The number of hydrogen-bond acceptors (Lipinski definition) is 2. The van der Waals surface area contributed by atoms with Crippen LogP contribution in [0.15, 0.2) is 0 Å². The van der Waals surface area contributed by atoms with E-state index in [0.29, 0.717) is 18.3 Å². The predicted octanol–water partition coefficient (Wildman–Crippen LogP) is 1.40. The summed E-state index contributed by atoms with van der Waals surface area (Å²) in [5, 5.41) is 2.85. The molecular weight excluding hydrogens is 216 g/mol. The standard InChI is InChI=1S/C13H24N2O2/c1-8(2)6-10-13(17)15(5)11(7-9(3)4)12(16)14-10/h8-11H,6-7H2,1-5H3,(H,14,16). The minimum Gasteiger partial charge on any atom is -0.342 e. The summed E-state index contributed by atoms with van der Waals surface area (Å²) in [7, 11) is 1.74. The Kier molecular flexibility index (Phi) is 4.54. The highest BCUT2D eigenvalue weighted by atomic mass is 16.2. The Bertz CT molecular complexity index is 300. The second-order valence-corrected chi connectivity index (χ2v) is 5.79. The van der Waals surface area contributed by atoms with Crippen molar-refractivity contribution < 1.29 is 9.59 Å². The molecule has 4 nitrogen and oxygen atoms in total. The van der Waals surface area contributed by atoms with E-state index in [-0.39, 0.29) is 23.9 Å². The Morgan fingerprint density at radius 1 is 1.12 bits per heavy atom. The minimum absolute atomic E-state index is 0.00792. The van der Waals surface area contributed by atoms with Crippen molar-refractivity contribution >= 4 is 11.8 Å². The molecule has 2 unspecified atom stereocenters. The zero-order valence-corrected chi connectivity index (χ0v) is 11.5. The van der Waals surface area contributed by atoms with Gasteiger partial charge in [-0.3, -0.25) is 9.59 Å². The monoisotopic (exact) mass is 240 g/mol. The lowest BCUT2D eigenvalue weighted by atomic mass is 9.95. The molecule has 0 spiro atoms. The lowest BCUT2D eigenvalue weighted by Gasteiger charge is -2.37. The van der Waals surface area contributed by atoms with Crippen LogP contribution in [-0.2, 0) is 9.59 Å². The van der Waals surface area contributed by atoms with E-state index < -0.39 is 0 Å². The number of rotatable bonds is 4. The van der Waals surface area contributed by atoms with Gasteiger partial charge in [-0.05, 0) is 24.7 Å². The van der Waals surface area contributed by atoms with Gasteiger partial charge in [-0.25, -0.2) is 0 Å². The van der Waals surface area contributed by atoms with Crippen LogP contribution < -0.4 is 5.32 Å². The smallest absolute Gasteiger partial charge is 0.245 e. The largest absolute Gasteiger partial charge is 0.342 e. The van der Waals surface area contributed by atoms with Crippen molar-refractivity contribution in [3.8, 4) is 0 Å². The van der Waals surface area contributed by atoms with E-state index in [0.717, 1.165) is 6.42 Å². The molecule has 2 amide bonds. The molecule has 0 bridgehead atoms. The molecule has 0 aromatic carbocycles. The van der Waals surface area contributed by atoms with Crippen molar-refractivity contribution in [3.05, 3.63) is 0 Å². The van der Waals surface area contributed by atoms with Crippen LogP contribution in [0.5, 0.6) is 0 Å². The van der Waals surface area contributed by atoms with Crippen molar-refractivity contribution in [1.29, 1.82) is 0 Å². The van der Waals surface area contributed by atoms with E-state index in [1.54, 1.807) is 11.9 Å². The summed E-state index contributed by atoms with van der Waals surface area (Å²) in [6.07, 6.45) is 1.44. The third kappa shape index (κ3) is 3.45. The molecular formula is C13H24N2O2. The summed E-state index contributed by atoms with van der Waals surface area (Å²) in [5.41, 5.74) is 0. The Morgan fingerprint density at radius 3 is 2.12 bits per heavy atom. The molecule has 0 saturated carbocycles. The number of amides is 2. The fourth-order valence-corrected chi connectivity index (χ4v) is 2.25. The Morgan fingerprint density at radius 2 is 1.65 bits per heavy atom. The van der Waals surface area contributed by atoms with Crippen LogP contribution in [0.1, 0.15) is 40.5 Å². The van der Waals surface area contributed by atoms with Gasteiger partial charge in [-0.1, -0.05) is 27.7 Å². The van der Waals surface area contributed by atoms with E-state index in [1.165, 1.54) is 0 Å². The number of carbonyl (C=O) groups excluding carboxylic acids is 2. The summed E-state index contributed by atoms with van der Waals surface area (Å²) in [4.78, 5) is 25.7. The molecule has 1 saturated heterocycles. The summed E-state index contributed by atoms with van der Waals surface area (Å²) in [5.74, 6) is 0.845. The number of piperazine rings is 1. The van der Waals surface area contributed by atoms with Gasteiger partial charge in [0, 0.05) is 7.05 Å². The fourth-order valence-electron chi connectivity index (χ4n) is 2.25. The molecule has 98 valence electrons. The third-order valence-electron chi connectivity index (χ3n) is 3.13. The van der Waals surface area contributed by atoms with Crippen LogP contribution >= 0.6 is 0 Å². The summed E-state index contributed by atoms with van der Waals surface area (Å²) in [6.45, 7) is 8.23. The van der Waals surface area contributed by atoms with Crippen LogP contribution in [0, 0.1) is 11.8 Å². The molecule has 0 aromatic rings. The first-order valence-electron chi connectivity index (χ1n) is 6.40. The molecule has 4 heteroatoms. The van der Waals surface area contributed by atoms with Crippen molar-refractivity contribution in [2.75, 3.05) is 7.05 Å². The van der Waals surface area contributed by atoms with Crippen molar-refractivity contribution in [3.63, 3.8) is 0 Å². The van der Waals surface area contributed by atoms with Crippen LogP contribution in [0.2, 0.25) is 0 Å². The second kappa shape index (κ2) is 5.52. The zero-order valence-electron chi connectivity index (χ0n) is 11.5. The molecule has 0 radical (unpaired) electrons. The topological polar surface area (TPSA) is 49.4 Å². The molecule has 1 aliphatic rings. The number of nitrogens with one attached hydrogen (secondary N) is 1. The normalized spacial score (nSPS) is 25.7. The van der Waals surface area contributed by atoms with Crippen LogP contribution in [0.3, 0.4) is 0 Å². The van der Waals surface area contributed by atoms with E-state index >= 15 is 0 Å². The van der Waals surface area contributed by atoms with Gasteiger partial charge in [0.25, 0.3) is 0 Å². The van der Waals surface area contributed by atoms with Crippen LogP contribution in [-0.4, -0.2) is 35.8 Å². The second-order valence-electron chi connectivity index (χ2n) is 5.79. The van der Waals surface area contributed by atoms with Gasteiger partial charge in [0.15, 0.2) is 0 Å². The predicted molar refractivity (Wildman–Crippen MR) is 67.4 cm³/mol. The Hall–Kier alpha value is -1.06. The van der Waals surface area contributed by atoms with Crippen LogP contribution in [0.4, 0.5) is 0 Å². The van der Waals surface area contributed by atoms with Gasteiger partial charge >= 0.3 is 0 Å². The molecule has 1 rings (SSSR count). The molecule has 1 N–H and O–H groups in total. The highest BCUT2D eigenvalue weighted by molar-refractivity contribution is 5.96. The van der Waals surface area contributed by atoms with Crippen molar-refractivity contribution in [1.82, 2.24) is 10.2 Å². The molecule has 0 aromatic heterocycles. The first-order chi connectivity index (χ1) is 7.82. The number of nitrogens with zero attached hydrogens (tertiary/aromatic N) is 1. The van der Waals surface area contributed by atoms with Crippen molar-refractivity contribution in [2.45, 2.75) is 52.6 Å². The summed E-state index contributed by atoms with van der Waals surface area (Å²) >= 11 is 0. The van der Waals surface area contributed by atoms with Gasteiger partial charge in [-0.15, -0.1) is 0 Å². The quantitative estimate of drug-likeness (QED) is 0.807. The number of carbonyl (C=O) groups is 2. The maximum absolute atomic E-state index is 12.1. The fraction of sp³-hybridized carbons (Fsp3) is 0.846. The van der Waals surface area contributed by atoms with Crippen LogP contribution in [0.25, 0.3) is 0 Å². The van der Waals surface area contributed by atoms with E-state index in [1.807, 2.05) is 0 Å². The lowest BCUT2D eigenvalue weighted by Crippen LogP contribution is -2.62. The average molecular weight is 240 g/mol. The molecule has 1 aliphatic heterocycles. The first-order valence-corrected chi connectivity index (χ1v) is 6.40. The van der Waals surface area contributed by atoms with E-state index in [9.17, 15) is 9.59 Å². The molecule has 17 heavy (non-hydrogen) atoms. The maximum atomic E-state index is 12.1. The number of likely N-dealkylation sites (N-methyl/N-ethyl adjacent to an activating group) is 1. The van der Waals surface area contributed by atoms with E-state index in [2.05, 4.69) is 33.0 Å². The maximum Gasteiger partial charge on any atom is 0.245 e. The SMILES string of the molecule is CC(C)CC1NC(=O)C(CC(C)C)N(C)C1=O. The van der Waals surface area contributed by atoms with Gasteiger partial charge in [-0.2, -0.15) is 0 Å². The van der Waals surface area contributed by atoms with E-state index in [4.69, 9.17) is 0 Å². The minimum atomic E-state index is -0.337. The Balaban J connectivity index is 2.73. The van der Waals surface area contributed by atoms with Gasteiger partial charge < -0.3 is 10.2 Å². The molecule has 1 fully saturated rings. The first kappa shape index (κ1) is 14.0. The van der Waals surface area contributed by atoms with Gasteiger partial charge in [0.2, 0.25) is 11.8 Å². The highest BCUT2D eigenvalue weighted by Gasteiger charge is 2.38. The Labute approximate surface area is 104 Å². The summed E-state index contributed by atoms with van der Waals surface area (Å²) < 4.78 is 0.